The second-order valence-corrected chi connectivity index (χ2v) is 9.78. The number of aromatic nitrogens is 1. The second kappa shape index (κ2) is 11.7. The molecule has 0 bridgehead atoms. The van der Waals surface area contributed by atoms with E-state index in [4.69, 9.17) is 9.84 Å². The topological polar surface area (TPSA) is 107 Å². The molecule has 4 N–H and O–H groups in total. The van der Waals surface area contributed by atoms with Gasteiger partial charge in [-0.25, -0.2) is 0 Å². The van der Waals surface area contributed by atoms with Gasteiger partial charge in [-0.3, -0.25) is 9.59 Å². The average Bonchev–Trinajstić information content (AvgIpc) is 3.65. The Bertz CT molecular complexity index is 1350. The van der Waals surface area contributed by atoms with Gasteiger partial charge in [0.05, 0.1) is 23.4 Å². The van der Waals surface area contributed by atoms with E-state index in [1.807, 2.05) is 55.5 Å². The number of aromatic amines is 1. The van der Waals surface area contributed by atoms with Crippen molar-refractivity contribution >= 4 is 29.2 Å². The van der Waals surface area contributed by atoms with Crippen molar-refractivity contribution in [2.75, 3.05) is 44.7 Å². The van der Waals surface area contributed by atoms with Crippen molar-refractivity contribution in [3.63, 3.8) is 0 Å². The van der Waals surface area contributed by atoms with Gasteiger partial charge in [-0.1, -0.05) is 24.3 Å². The number of carbonyl (C=O) groups is 2. The van der Waals surface area contributed by atoms with Crippen LogP contribution in [0, 0.1) is 6.92 Å². The van der Waals surface area contributed by atoms with Crippen molar-refractivity contribution in [1.82, 2.24) is 15.2 Å². The zero-order chi connectivity index (χ0) is 26.5. The van der Waals surface area contributed by atoms with E-state index in [-0.39, 0.29) is 25.0 Å². The molecule has 2 aromatic carbocycles. The molecule has 0 aliphatic carbocycles. The zero-order valence-corrected chi connectivity index (χ0v) is 21.7. The summed E-state index contributed by atoms with van der Waals surface area (Å²) in [6.45, 7) is 5.94. The Kier molecular flexibility index (Phi) is 7.91. The third-order valence-electron chi connectivity index (χ3n) is 6.98. The van der Waals surface area contributed by atoms with E-state index >= 15 is 0 Å². The number of H-pyrrole nitrogens is 1. The maximum atomic E-state index is 13.1. The molecule has 8 nitrogen and oxygen atoms in total. The highest BCUT2D eigenvalue weighted by Gasteiger charge is 2.28. The molecule has 3 aromatic rings. The Balaban J connectivity index is 1.40. The first-order valence-corrected chi connectivity index (χ1v) is 13.2. The Morgan fingerprint density at radius 1 is 1.16 bits per heavy atom. The summed E-state index contributed by atoms with van der Waals surface area (Å²) in [4.78, 5) is 31.9. The number of nitrogens with one attached hydrogen (secondary N) is 3. The highest BCUT2D eigenvalue weighted by atomic mass is 16.5. The van der Waals surface area contributed by atoms with E-state index in [1.165, 1.54) is 12.8 Å². The summed E-state index contributed by atoms with van der Waals surface area (Å²) in [6, 6.07) is 15.1. The fourth-order valence-electron chi connectivity index (χ4n) is 5.21. The van der Waals surface area contributed by atoms with E-state index in [9.17, 15) is 9.59 Å². The van der Waals surface area contributed by atoms with Crippen LogP contribution in [0.15, 0.2) is 48.5 Å². The molecule has 2 aliphatic rings. The van der Waals surface area contributed by atoms with Gasteiger partial charge in [-0.2, -0.15) is 0 Å². The molecule has 3 heterocycles. The van der Waals surface area contributed by atoms with Gasteiger partial charge in [0.15, 0.2) is 0 Å². The minimum absolute atomic E-state index is 0.0693. The summed E-state index contributed by atoms with van der Waals surface area (Å²) < 4.78 is 5.59. The van der Waals surface area contributed by atoms with Crippen LogP contribution in [0.5, 0.6) is 5.75 Å². The Hall–Kier alpha value is -3.88. The van der Waals surface area contributed by atoms with Crippen LogP contribution in [-0.2, 0) is 4.79 Å². The zero-order valence-electron chi connectivity index (χ0n) is 21.7. The van der Waals surface area contributed by atoms with Gasteiger partial charge in [-0.05, 0) is 87.3 Å². The highest BCUT2D eigenvalue weighted by Crippen LogP contribution is 2.41. The van der Waals surface area contributed by atoms with Gasteiger partial charge in [0.25, 0.3) is 11.8 Å². The molecule has 0 saturated carbocycles. The first kappa shape index (κ1) is 25.8. The molecule has 0 unspecified atom stereocenters. The maximum Gasteiger partial charge on any atom is 0.256 e. The molecule has 1 aromatic heterocycles. The van der Waals surface area contributed by atoms with E-state index in [0.717, 1.165) is 54.1 Å². The minimum atomic E-state index is -0.218. The lowest BCUT2D eigenvalue weighted by atomic mass is 9.94. The molecule has 2 aliphatic heterocycles. The number of aliphatic hydroxyl groups is 1. The first-order valence-electron chi connectivity index (χ1n) is 13.2. The largest absolute Gasteiger partial charge is 0.491 e. The van der Waals surface area contributed by atoms with Crippen LogP contribution in [0.25, 0.3) is 22.8 Å². The Morgan fingerprint density at radius 3 is 2.79 bits per heavy atom. The quantitative estimate of drug-likeness (QED) is 0.241. The number of carbonyl (C=O) groups excluding carboxylic acids is 2. The van der Waals surface area contributed by atoms with Gasteiger partial charge in [-0.15, -0.1) is 0 Å². The molecule has 1 fully saturated rings. The summed E-state index contributed by atoms with van der Waals surface area (Å²) in [5.41, 5.74) is 5.72. The highest BCUT2D eigenvalue weighted by molar-refractivity contribution is 6.36. The lowest BCUT2D eigenvalue weighted by molar-refractivity contribution is -0.110. The van der Waals surface area contributed by atoms with Crippen molar-refractivity contribution in [1.29, 1.82) is 0 Å². The number of fused-ring (bicyclic) bond motifs is 1. The molecule has 0 radical (unpaired) electrons. The van der Waals surface area contributed by atoms with Crippen LogP contribution in [0.2, 0.25) is 0 Å². The SMILES string of the molecule is Cc1cc(C(=O)NCCCN2CCCC2)c(/C=C2\C(=O)Nc3cccc(-c4cccc(OCCO)c4)c32)[nH]1. The van der Waals surface area contributed by atoms with Gasteiger partial charge in [0.2, 0.25) is 0 Å². The number of benzene rings is 2. The van der Waals surface area contributed by atoms with Crippen molar-refractivity contribution in [2.45, 2.75) is 26.2 Å². The van der Waals surface area contributed by atoms with E-state index in [1.54, 1.807) is 6.08 Å². The number of amides is 2. The summed E-state index contributed by atoms with van der Waals surface area (Å²) in [5, 5.41) is 15.1. The van der Waals surface area contributed by atoms with E-state index in [0.29, 0.717) is 29.1 Å². The number of anilines is 1. The number of rotatable bonds is 10. The number of likely N-dealkylation sites (tertiary alicyclic amines) is 1. The molecule has 0 atom stereocenters. The smallest absolute Gasteiger partial charge is 0.256 e. The lowest BCUT2D eigenvalue weighted by Gasteiger charge is -2.14. The fourth-order valence-corrected chi connectivity index (χ4v) is 5.21. The molecule has 2 amide bonds. The van der Waals surface area contributed by atoms with Crippen LogP contribution in [-0.4, -0.2) is 66.2 Å². The standard InChI is InChI=1S/C30H34N4O4/c1-20-17-24(29(36)31-11-6-14-34-12-2-3-13-34)27(32-20)19-25-28-23(9-5-10-26(28)33-30(25)37)21-7-4-8-22(18-21)38-16-15-35/h4-5,7-10,17-19,32,35H,2-3,6,11-16H2,1H3,(H,31,36)(H,33,37)/b25-19-. The van der Waals surface area contributed by atoms with Crippen molar-refractivity contribution in [2.24, 2.45) is 0 Å². The fraction of sp³-hybridized carbons (Fsp3) is 0.333. The second-order valence-electron chi connectivity index (χ2n) is 9.78. The molecule has 0 spiro atoms. The number of ether oxygens (including phenoxy) is 1. The predicted octanol–water partition coefficient (Wildman–Crippen LogP) is 4.07. The number of hydrogen-bond donors (Lipinski definition) is 4. The maximum absolute atomic E-state index is 13.1. The third kappa shape index (κ3) is 5.66. The van der Waals surface area contributed by atoms with Crippen LogP contribution in [0.3, 0.4) is 0 Å². The number of aryl methyl sites for hydroxylation is 1. The summed E-state index contributed by atoms with van der Waals surface area (Å²) >= 11 is 0. The van der Waals surface area contributed by atoms with E-state index in [2.05, 4.69) is 20.5 Å². The summed E-state index contributed by atoms with van der Waals surface area (Å²) in [7, 11) is 0. The molecule has 198 valence electrons. The van der Waals surface area contributed by atoms with Gasteiger partial charge >= 0.3 is 0 Å². The summed E-state index contributed by atoms with van der Waals surface area (Å²) in [5.74, 6) is 0.272. The van der Waals surface area contributed by atoms with Crippen molar-refractivity contribution < 1.29 is 19.4 Å². The normalized spacial score (nSPS) is 16.1. The van der Waals surface area contributed by atoms with E-state index < -0.39 is 0 Å². The van der Waals surface area contributed by atoms with Crippen molar-refractivity contribution in [3.05, 3.63) is 71.0 Å². The van der Waals surface area contributed by atoms with Gasteiger partial charge in [0.1, 0.15) is 12.4 Å². The molecule has 5 rings (SSSR count). The molecular formula is C30H34N4O4. The minimum Gasteiger partial charge on any atom is -0.491 e. The molecule has 8 heteroatoms. The van der Waals surface area contributed by atoms with Gasteiger partial charge in [0, 0.05) is 23.5 Å². The predicted molar refractivity (Wildman–Crippen MR) is 149 cm³/mol. The van der Waals surface area contributed by atoms with Crippen LogP contribution >= 0.6 is 0 Å². The lowest BCUT2D eigenvalue weighted by Crippen LogP contribution is -2.28. The molecule has 1 saturated heterocycles. The number of aliphatic hydroxyl groups excluding tert-OH is 1. The Morgan fingerprint density at radius 2 is 1.97 bits per heavy atom. The molecule has 38 heavy (non-hydrogen) atoms. The number of hydrogen-bond acceptors (Lipinski definition) is 5. The average molecular weight is 515 g/mol. The number of nitrogens with zero attached hydrogens (tertiary/aromatic N) is 1. The Labute approximate surface area is 222 Å². The van der Waals surface area contributed by atoms with Crippen molar-refractivity contribution in [3.8, 4) is 16.9 Å². The molecular weight excluding hydrogens is 480 g/mol. The summed E-state index contributed by atoms with van der Waals surface area (Å²) in [6.07, 6.45) is 5.19. The van der Waals surface area contributed by atoms with Crippen LogP contribution in [0.4, 0.5) is 5.69 Å². The van der Waals surface area contributed by atoms with Gasteiger partial charge < -0.3 is 30.4 Å². The van der Waals surface area contributed by atoms with Crippen LogP contribution in [0.1, 0.15) is 46.6 Å². The monoisotopic (exact) mass is 514 g/mol. The third-order valence-corrected chi connectivity index (χ3v) is 6.98. The van der Waals surface area contributed by atoms with Crippen LogP contribution < -0.4 is 15.4 Å². The first-order chi connectivity index (χ1) is 18.5.